The zero-order valence-corrected chi connectivity index (χ0v) is 15.8. The van der Waals surface area contributed by atoms with E-state index >= 15 is 0 Å². The highest BCUT2D eigenvalue weighted by Crippen LogP contribution is 2.31. The van der Waals surface area contributed by atoms with Gasteiger partial charge in [0.25, 0.3) is 5.91 Å². The maximum absolute atomic E-state index is 13.0. The second-order valence-electron chi connectivity index (χ2n) is 7.74. The molecule has 1 saturated carbocycles. The predicted molar refractivity (Wildman–Crippen MR) is 107 cm³/mol. The van der Waals surface area contributed by atoms with Crippen LogP contribution in [0.15, 0.2) is 42.5 Å². The number of hydrogen-bond donors (Lipinski definition) is 1. The Labute approximate surface area is 160 Å². The Morgan fingerprint density at radius 2 is 1.93 bits per heavy atom. The van der Waals surface area contributed by atoms with Gasteiger partial charge < -0.3 is 10.2 Å². The molecule has 0 saturated heterocycles. The van der Waals surface area contributed by atoms with Crippen molar-refractivity contribution in [1.29, 1.82) is 0 Å². The minimum Gasteiger partial charge on any atom is -0.352 e. The predicted octanol–water partition coefficient (Wildman–Crippen LogP) is 4.00. The molecule has 2 aliphatic rings. The second-order valence-corrected chi connectivity index (χ2v) is 7.74. The van der Waals surface area contributed by atoms with Gasteiger partial charge in [-0.2, -0.15) is 0 Å². The number of fused-ring (bicyclic) bond motifs is 1. The molecular weight excluding hydrogens is 336 g/mol. The molecular formula is C23H26N2O2. The number of carbonyl (C=O) groups excluding carboxylic acids is 2. The van der Waals surface area contributed by atoms with Gasteiger partial charge in [-0.3, -0.25) is 9.59 Å². The average Bonchev–Trinajstić information content (AvgIpc) is 3.35. The van der Waals surface area contributed by atoms with Crippen molar-refractivity contribution in [2.45, 2.75) is 45.6 Å². The maximum Gasteiger partial charge on any atom is 0.258 e. The Balaban J connectivity index is 1.48. The molecule has 0 radical (unpaired) electrons. The van der Waals surface area contributed by atoms with Crippen molar-refractivity contribution in [2.75, 3.05) is 11.4 Å². The van der Waals surface area contributed by atoms with Crippen LogP contribution in [0.2, 0.25) is 0 Å². The lowest BCUT2D eigenvalue weighted by molar-refractivity contribution is -0.124. The summed E-state index contributed by atoms with van der Waals surface area (Å²) in [6.07, 6.45) is 5.21. The summed E-state index contributed by atoms with van der Waals surface area (Å²) in [5, 5.41) is 3.07. The van der Waals surface area contributed by atoms with Crippen molar-refractivity contribution in [2.24, 2.45) is 5.92 Å². The third-order valence-electron chi connectivity index (χ3n) is 5.75. The van der Waals surface area contributed by atoms with Crippen LogP contribution in [-0.2, 0) is 17.8 Å². The summed E-state index contributed by atoms with van der Waals surface area (Å²) in [7, 11) is 0. The SMILES string of the molecule is Cc1cccc(C(=O)N2CCc3ccc(CNC(=O)C4CCCC4)cc32)c1. The first-order valence-electron chi connectivity index (χ1n) is 9.90. The topological polar surface area (TPSA) is 49.4 Å². The Morgan fingerprint density at radius 3 is 2.70 bits per heavy atom. The molecule has 1 aliphatic carbocycles. The summed E-state index contributed by atoms with van der Waals surface area (Å²) in [6.45, 7) is 3.23. The number of nitrogens with zero attached hydrogens (tertiary/aromatic N) is 1. The number of carbonyl (C=O) groups is 2. The van der Waals surface area contributed by atoms with E-state index in [0.717, 1.165) is 54.5 Å². The molecule has 0 spiro atoms. The van der Waals surface area contributed by atoms with Crippen molar-refractivity contribution in [1.82, 2.24) is 5.32 Å². The van der Waals surface area contributed by atoms with Crippen LogP contribution in [0.3, 0.4) is 0 Å². The van der Waals surface area contributed by atoms with E-state index in [9.17, 15) is 9.59 Å². The third-order valence-corrected chi connectivity index (χ3v) is 5.75. The van der Waals surface area contributed by atoms with E-state index in [0.29, 0.717) is 13.1 Å². The molecule has 0 aromatic heterocycles. The molecule has 2 aromatic rings. The molecule has 4 rings (SSSR count). The monoisotopic (exact) mass is 362 g/mol. The van der Waals surface area contributed by atoms with Crippen molar-refractivity contribution >= 4 is 17.5 Å². The fourth-order valence-corrected chi connectivity index (χ4v) is 4.20. The van der Waals surface area contributed by atoms with Gasteiger partial charge >= 0.3 is 0 Å². The first-order chi connectivity index (χ1) is 13.1. The number of rotatable bonds is 4. The molecule has 0 atom stereocenters. The Kier molecular flexibility index (Phi) is 4.97. The molecule has 2 amide bonds. The van der Waals surface area contributed by atoms with Gasteiger partial charge in [0.15, 0.2) is 0 Å². The summed E-state index contributed by atoms with van der Waals surface area (Å²) in [5.74, 6) is 0.393. The lowest BCUT2D eigenvalue weighted by Crippen LogP contribution is -2.30. The Morgan fingerprint density at radius 1 is 1.11 bits per heavy atom. The van der Waals surface area contributed by atoms with Crippen LogP contribution in [0.5, 0.6) is 0 Å². The molecule has 1 fully saturated rings. The molecule has 140 valence electrons. The Hall–Kier alpha value is -2.62. The van der Waals surface area contributed by atoms with Gasteiger partial charge in [-0.05, 0) is 55.5 Å². The quantitative estimate of drug-likeness (QED) is 0.894. The van der Waals surface area contributed by atoms with Crippen molar-refractivity contribution in [3.05, 3.63) is 64.7 Å². The van der Waals surface area contributed by atoms with Crippen LogP contribution in [0.25, 0.3) is 0 Å². The average molecular weight is 362 g/mol. The number of nitrogens with one attached hydrogen (secondary N) is 1. The lowest BCUT2D eigenvalue weighted by Gasteiger charge is -2.19. The summed E-state index contributed by atoms with van der Waals surface area (Å²) >= 11 is 0. The van der Waals surface area contributed by atoms with Crippen LogP contribution in [-0.4, -0.2) is 18.4 Å². The highest BCUT2D eigenvalue weighted by atomic mass is 16.2. The van der Waals surface area contributed by atoms with Gasteiger partial charge in [0.05, 0.1) is 0 Å². The van der Waals surface area contributed by atoms with Crippen LogP contribution in [0, 0.1) is 12.8 Å². The second kappa shape index (κ2) is 7.55. The molecule has 1 aliphatic heterocycles. The highest BCUT2D eigenvalue weighted by Gasteiger charge is 2.26. The zero-order chi connectivity index (χ0) is 18.8. The van der Waals surface area contributed by atoms with Crippen LogP contribution < -0.4 is 10.2 Å². The van der Waals surface area contributed by atoms with Crippen LogP contribution in [0.4, 0.5) is 5.69 Å². The lowest BCUT2D eigenvalue weighted by atomic mass is 10.1. The standard InChI is InChI=1S/C23H26N2O2/c1-16-5-4-8-20(13-16)23(27)25-12-11-18-10-9-17(14-21(18)25)15-24-22(26)19-6-2-3-7-19/h4-5,8-10,13-14,19H,2-3,6-7,11-12,15H2,1H3,(H,24,26). The first-order valence-corrected chi connectivity index (χ1v) is 9.90. The molecule has 1 N–H and O–H groups in total. The zero-order valence-electron chi connectivity index (χ0n) is 15.8. The number of hydrogen-bond acceptors (Lipinski definition) is 2. The fourth-order valence-electron chi connectivity index (χ4n) is 4.20. The molecule has 27 heavy (non-hydrogen) atoms. The molecule has 4 nitrogen and oxygen atoms in total. The molecule has 2 aromatic carbocycles. The minimum absolute atomic E-state index is 0.0459. The minimum atomic E-state index is 0.0459. The van der Waals surface area contributed by atoms with E-state index in [1.807, 2.05) is 36.1 Å². The van der Waals surface area contributed by atoms with E-state index in [1.165, 1.54) is 5.56 Å². The van der Waals surface area contributed by atoms with Gasteiger partial charge in [0.1, 0.15) is 0 Å². The van der Waals surface area contributed by atoms with Gasteiger partial charge in [-0.15, -0.1) is 0 Å². The van der Waals surface area contributed by atoms with Crippen molar-refractivity contribution < 1.29 is 9.59 Å². The number of anilines is 1. The number of benzene rings is 2. The van der Waals surface area contributed by atoms with Crippen LogP contribution in [0.1, 0.15) is 52.7 Å². The van der Waals surface area contributed by atoms with Gasteiger partial charge in [-0.1, -0.05) is 42.7 Å². The van der Waals surface area contributed by atoms with Crippen LogP contribution >= 0.6 is 0 Å². The van der Waals surface area contributed by atoms with Gasteiger partial charge in [0, 0.05) is 30.3 Å². The maximum atomic E-state index is 13.0. The van der Waals surface area contributed by atoms with E-state index in [2.05, 4.69) is 23.5 Å². The summed E-state index contributed by atoms with van der Waals surface area (Å²) in [6, 6.07) is 14.0. The third kappa shape index (κ3) is 3.75. The first kappa shape index (κ1) is 17.8. The van der Waals surface area contributed by atoms with E-state index in [1.54, 1.807) is 0 Å². The molecule has 4 heteroatoms. The van der Waals surface area contributed by atoms with Gasteiger partial charge in [0.2, 0.25) is 5.91 Å². The largest absolute Gasteiger partial charge is 0.352 e. The smallest absolute Gasteiger partial charge is 0.258 e. The summed E-state index contributed by atoms with van der Waals surface area (Å²) < 4.78 is 0. The van der Waals surface area contributed by atoms with Crippen molar-refractivity contribution in [3.8, 4) is 0 Å². The highest BCUT2D eigenvalue weighted by molar-refractivity contribution is 6.07. The van der Waals surface area contributed by atoms with E-state index in [4.69, 9.17) is 0 Å². The Bertz CT molecular complexity index is 868. The van der Waals surface area contributed by atoms with Crippen molar-refractivity contribution in [3.63, 3.8) is 0 Å². The molecule has 1 heterocycles. The fraction of sp³-hybridized carbons (Fsp3) is 0.391. The number of aryl methyl sites for hydroxylation is 1. The van der Waals surface area contributed by atoms with E-state index in [-0.39, 0.29) is 17.7 Å². The number of amides is 2. The molecule has 0 bridgehead atoms. The normalized spacial score (nSPS) is 16.4. The molecule has 0 unspecified atom stereocenters. The van der Waals surface area contributed by atoms with Gasteiger partial charge in [-0.25, -0.2) is 0 Å². The van der Waals surface area contributed by atoms with E-state index < -0.39 is 0 Å². The summed E-state index contributed by atoms with van der Waals surface area (Å²) in [5.41, 5.74) is 5.03. The summed E-state index contributed by atoms with van der Waals surface area (Å²) in [4.78, 5) is 27.1.